The van der Waals surface area contributed by atoms with Gasteiger partial charge in [0.1, 0.15) is 12.1 Å². The zero-order valence-corrected chi connectivity index (χ0v) is 15.8. The number of anilines is 1. The van der Waals surface area contributed by atoms with Gasteiger partial charge in [-0.05, 0) is 49.7 Å². The molecule has 3 aliphatic rings. The van der Waals surface area contributed by atoms with Crippen LogP contribution in [0.15, 0.2) is 18.5 Å². The van der Waals surface area contributed by atoms with Crippen LogP contribution >= 0.6 is 0 Å². The lowest BCUT2D eigenvalue weighted by molar-refractivity contribution is -0.139. The van der Waals surface area contributed by atoms with Crippen LogP contribution in [0.5, 0.6) is 0 Å². The summed E-state index contributed by atoms with van der Waals surface area (Å²) in [5, 5.41) is 12.5. The minimum absolute atomic E-state index is 0.181. The molecule has 4 heterocycles. The topological polar surface area (TPSA) is 66.6 Å². The first kappa shape index (κ1) is 17.0. The van der Waals surface area contributed by atoms with E-state index in [-0.39, 0.29) is 5.92 Å². The van der Waals surface area contributed by atoms with Crippen LogP contribution in [-0.2, 0) is 4.79 Å². The van der Waals surface area contributed by atoms with Gasteiger partial charge in [0.05, 0.1) is 0 Å². The van der Waals surface area contributed by atoms with E-state index in [2.05, 4.69) is 25.1 Å². The highest BCUT2D eigenvalue weighted by atomic mass is 16.2. The van der Waals surface area contributed by atoms with Crippen molar-refractivity contribution in [2.24, 2.45) is 17.8 Å². The lowest BCUT2D eigenvalue weighted by Crippen LogP contribution is -2.49. The maximum atomic E-state index is 13.1. The van der Waals surface area contributed by atoms with Crippen molar-refractivity contribution in [3.63, 3.8) is 0 Å². The van der Waals surface area contributed by atoms with Crippen LogP contribution in [0.1, 0.15) is 44.9 Å². The first-order valence-corrected chi connectivity index (χ1v) is 10.5. The molecule has 1 saturated carbocycles. The third-order valence-corrected chi connectivity index (χ3v) is 6.92. The molecule has 0 radical (unpaired) electrons. The predicted octanol–water partition coefficient (Wildman–Crippen LogP) is 2.38. The Morgan fingerprint density at radius 2 is 1.78 bits per heavy atom. The minimum atomic E-state index is 0.181. The molecular weight excluding hydrogens is 340 g/mol. The van der Waals surface area contributed by atoms with Crippen molar-refractivity contribution in [3.8, 4) is 0 Å². The van der Waals surface area contributed by atoms with Gasteiger partial charge < -0.3 is 9.80 Å². The Labute approximate surface area is 159 Å². The summed E-state index contributed by atoms with van der Waals surface area (Å²) in [5.74, 6) is 3.16. The minimum Gasteiger partial charge on any atom is -0.355 e. The molecule has 7 nitrogen and oxygen atoms in total. The Kier molecular flexibility index (Phi) is 4.45. The highest BCUT2D eigenvalue weighted by Gasteiger charge is 2.36. The number of likely N-dealkylation sites (tertiary alicyclic amines) is 1. The molecule has 2 unspecified atom stereocenters. The molecule has 0 aromatic carbocycles. The van der Waals surface area contributed by atoms with E-state index in [1.165, 1.54) is 32.1 Å². The van der Waals surface area contributed by atoms with E-state index in [0.29, 0.717) is 5.91 Å². The first-order chi connectivity index (χ1) is 13.3. The van der Waals surface area contributed by atoms with Crippen molar-refractivity contribution in [2.75, 3.05) is 31.1 Å². The zero-order chi connectivity index (χ0) is 18.2. The molecule has 2 atom stereocenters. The molecule has 5 rings (SSSR count). The average molecular weight is 368 g/mol. The number of fused-ring (bicyclic) bond motifs is 2. The van der Waals surface area contributed by atoms with Gasteiger partial charge in [-0.3, -0.25) is 4.79 Å². The average Bonchev–Trinajstić information content (AvgIpc) is 3.21. The number of nitrogens with zero attached hydrogens (tertiary/aromatic N) is 6. The fraction of sp³-hybridized carbons (Fsp3) is 0.700. The highest BCUT2D eigenvalue weighted by Crippen LogP contribution is 2.37. The lowest BCUT2D eigenvalue weighted by atomic mass is 9.75. The number of hydrogen-bond acceptors (Lipinski definition) is 5. The Bertz CT molecular complexity index is 812. The summed E-state index contributed by atoms with van der Waals surface area (Å²) in [5.41, 5.74) is 0.759. The van der Waals surface area contributed by atoms with Crippen LogP contribution in [0.3, 0.4) is 0 Å². The molecule has 144 valence electrons. The summed E-state index contributed by atoms with van der Waals surface area (Å²) < 4.78 is 1.71. The second kappa shape index (κ2) is 7.09. The number of amides is 1. The fourth-order valence-electron chi connectivity index (χ4n) is 5.30. The third-order valence-electron chi connectivity index (χ3n) is 6.92. The van der Waals surface area contributed by atoms with Crippen molar-refractivity contribution < 1.29 is 4.79 Å². The Morgan fingerprint density at radius 3 is 2.63 bits per heavy atom. The van der Waals surface area contributed by atoms with Gasteiger partial charge in [-0.1, -0.05) is 19.3 Å². The Balaban J connectivity index is 1.19. The standard InChI is InChI=1S/C20H28N6O/c27-20(25-12-7-15-3-1-2-4-17(15)13-25)16-8-10-24(11-9-16)19-6-5-18-22-21-14-26(18)23-19/h5-6,14-17H,1-4,7-13H2. The van der Waals surface area contributed by atoms with Crippen molar-refractivity contribution in [1.82, 2.24) is 24.7 Å². The zero-order valence-electron chi connectivity index (χ0n) is 15.8. The Hall–Kier alpha value is -2.18. The Morgan fingerprint density at radius 1 is 0.963 bits per heavy atom. The fourth-order valence-corrected chi connectivity index (χ4v) is 5.30. The summed E-state index contributed by atoms with van der Waals surface area (Å²) in [6.45, 7) is 3.76. The van der Waals surface area contributed by atoms with E-state index < -0.39 is 0 Å². The molecule has 2 aromatic rings. The van der Waals surface area contributed by atoms with Crippen LogP contribution < -0.4 is 4.90 Å². The monoisotopic (exact) mass is 368 g/mol. The van der Waals surface area contributed by atoms with Gasteiger partial charge in [-0.15, -0.1) is 15.3 Å². The van der Waals surface area contributed by atoms with Crippen molar-refractivity contribution in [3.05, 3.63) is 18.5 Å². The summed E-state index contributed by atoms with van der Waals surface area (Å²) in [6, 6.07) is 3.95. The molecule has 2 aromatic heterocycles. The number of carbonyl (C=O) groups excluding carboxylic acids is 1. The van der Waals surface area contributed by atoms with Crippen LogP contribution in [0.2, 0.25) is 0 Å². The maximum Gasteiger partial charge on any atom is 0.225 e. The summed E-state index contributed by atoms with van der Waals surface area (Å²) in [7, 11) is 0. The molecule has 3 fully saturated rings. The van der Waals surface area contributed by atoms with Gasteiger partial charge >= 0.3 is 0 Å². The molecule has 0 N–H and O–H groups in total. The lowest BCUT2D eigenvalue weighted by Gasteiger charge is -2.43. The van der Waals surface area contributed by atoms with Crippen molar-refractivity contribution in [2.45, 2.75) is 44.9 Å². The van der Waals surface area contributed by atoms with Crippen molar-refractivity contribution in [1.29, 1.82) is 0 Å². The number of rotatable bonds is 2. The molecular formula is C20H28N6O. The summed E-state index contributed by atoms with van der Waals surface area (Å²) in [6.07, 6.45) is 10.1. The number of piperidine rings is 2. The number of hydrogen-bond donors (Lipinski definition) is 0. The quantitative estimate of drug-likeness (QED) is 0.814. The van der Waals surface area contributed by atoms with Gasteiger partial charge in [-0.2, -0.15) is 4.52 Å². The van der Waals surface area contributed by atoms with Gasteiger partial charge in [0.2, 0.25) is 5.91 Å². The first-order valence-electron chi connectivity index (χ1n) is 10.5. The van der Waals surface area contributed by atoms with E-state index in [0.717, 1.165) is 62.3 Å². The van der Waals surface area contributed by atoms with Crippen LogP contribution in [-0.4, -0.2) is 56.8 Å². The predicted molar refractivity (Wildman–Crippen MR) is 102 cm³/mol. The molecule has 2 saturated heterocycles. The smallest absolute Gasteiger partial charge is 0.225 e. The van der Waals surface area contributed by atoms with E-state index in [4.69, 9.17) is 0 Å². The molecule has 1 aliphatic carbocycles. The third kappa shape index (κ3) is 3.28. The summed E-state index contributed by atoms with van der Waals surface area (Å²) >= 11 is 0. The van der Waals surface area contributed by atoms with E-state index in [9.17, 15) is 4.79 Å². The molecule has 0 bridgehead atoms. The molecule has 2 aliphatic heterocycles. The van der Waals surface area contributed by atoms with Crippen LogP contribution in [0.25, 0.3) is 5.65 Å². The molecule has 27 heavy (non-hydrogen) atoms. The van der Waals surface area contributed by atoms with Crippen LogP contribution in [0, 0.1) is 17.8 Å². The number of aromatic nitrogens is 4. The normalized spacial score (nSPS) is 27.0. The largest absolute Gasteiger partial charge is 0.355 e. The van der Waals surface area contributed by atoms with Gasteiger partial charge in [0.25, 0.3) is 0 Å². The van der Waals surface area contributed by atoms with E-state index in [1.54, 1.807) is 10.8 Å². The van der Waals surface area contributed by atoms with Gasteiger partial charge in [0, 0.05) is 32.1 Å². The van der Waals surface area contributed by atoms with Gasteiger partial charge in [-0.25, -0.2) is 0 Å². The van der Waals surface area contributed by atoms with Gasteiger partial charge in [0.15, 0.2) is 5.65 Å². The highest BCUT2D eigenvalue weighted by molar-refractivity contribution is 5.79. The second-order valence-electron chi connectivity index (χ2n) is 8.46. The molecule has 0 spiro atoms. The van der Waals surface area contributed by atoms with Crippen molar-refractivity contribution >= 4 is 17.4 Å². The SMILES string of the molecule is O=C(C1CCN(c2ccc3nncn3n2)CC1)N1CCC2CCCCC2C1. The molecule has 1 amide bonds. The van der Waals surface area contributed by atoms with E-state index in [1.807, 2.05) is 12.1 Å². The maximum absolute atomic E-state index is 13.1. The summed E-state index contributed by atoms with van der Waals surface area (Å²) in [4.78, 5) is 17.5. The second-order valence-corrected chi connectivity index (χ2v) is 8.46. The van der Waals surface area contributed by atoms with E-state index >= 15 is 0 Å². The number of carbonyl (C=O) groups is 1. The molecule has 7 heteroatoms. The van der Waals surface area contributed by atoms with Crippen LogP contribution in [0.4, 0.5) is 5.82 Å².